The molecule has 1 aromatic rings. The summed E-state index contributed by atoms with van der Waals surface area (Å²) >= 11 is 0. The zero-order valence-corrected chi connectivity index (χ0v) is 14.8. The summed E-state index contributed by atoms with van der Waals surface area (Å²) in [6.07, 6.45) is -0.150. The lowest BCUT2D eigenvalue weighted by Crippen LogP contribution is -2.37. The van der Waals surface area contributed by atoms with Crippen molar-refractivity contribution in [2.45, 2.75) is 38.1 Å². The molecular formula is C17H19N3O6. The Morgan fingerprint density at radius 1 is 1.35 bits per heavy atom. The van der Waals surface area contributed by atoms with E-state index in [1.54, 1.807) is 12.1 Å². The van der Waals surface area contributed by atoms with Crippen molar-refractivity contribution in [2.75, 3.05) is 14.2 Å². The van der Waals surface area contributed by atoms with Gasteiger partial charge in [0.05, 0.1) is 27.2 Å². The molecule has 0 saturated heterocycles. The van der Waals surface area contributed by atoms with Gasteiger partial charge in [-0.25, -0.2) is 0 Å². The average Bonchev–Trinajstić information content (AvgIpc) is 2.90. The molecule has 0 fully saturated rings. The van der Waals surface area contributed by atoms with Gasteiger partial charge in [-0.3, -0.25) is 9.59 Å². The molecule has 1 heterocycles. The molecule has 0 aliphatic carbocycles. The number of ether oxygens (including phenoxy) is 3. The highest BCUT2D eigenvalue weighted by atomic mass is 16.6. The Bertz CT molecular complexity index is 800. The summed E-state index contributed by atoms with van der Waals surface area (Å²) in [7, 11) is 2.64. The molecular weight excluding hydrogens is 342 g/mol. The third-order valence-electron chi connectivity index (χ3n) is 4.37. The van der Waals surface area contributed by atoms with E-state index in [1.165, 1.54) is 21.1 Å². The summed E-state index contributed by atoms with van der Waals surface area (Å²) in [4.78, 5) is 39.1. The zero-order chi connectivity index (χ0) is 19.3. The van der Waals surface area contributed by atoms with Gasteiger partial charge in [0.15, 0.2) is 11.5 Å². The van der Waals surface area contributed by atoms with Gasteiger partial charge in [0.25, 0.3) is 0 Å². The number of methoxy groups -OCH3 is 2. The first-order chi connectivity index (χ1) is 12.4. The van der Waals surface area contributed by atoms with Crippen molar-refractivity contribution in [3.05, 3.63) is 33.7 Å². The third-order valence-corrected chi connectivity index (χ3v) is 4.37. The fourth-order valence-corrected chi connectivity index (χ4v) is 3.11. The number of azide groups is 1. The number of hydrogen-bond acceptors (Lipinski definition) is 7. The Labute approximate surface area is 149 Å². The number of Topliss-reactive ketones (excluding diaryl/α,β-unsaturated/α-hetero) is 1. The lowest BCUT2D eigenvalue weighted by atomic mass is 9.73. The van der Waals surface area contributed by atoms with Gasteiger partial charge >= 0.3 is 11.9 Å². The fourth-order valence-electron chi connectivity index (χ4n) is 3.11. The van der Waals surface area contributed by atoms with E-state index in [-0.39, 0.29) is 37.3 Å². The molecule has 0 amide bonds. The molecule has 0 radical (unpaired) electrons. The molecule has 0 bridgehead atoms. The van der Waals surface area contributed by atoms with Gasteiger partial charge in [-0.1, -0.05) is 11.2 Å². The first-order valence-corrected chi connectivity index (χ1v) is 7.89. The van der Waals surface area contributed by atoms with Crippen molar-refractivity contribution in [3.8, 4) is 11.5 Å². The van der Waals surface area contributed by atoms with Gasteiger partial charge < -0.3 is 19.0 Å². The van der Waals surface area contributed by atoms with Gasteiger partial charge in [-0.2, -0.15) is 0 Å². The van der Waals surface area contributed by atoms with Crippen LogP contribution in [0, 0.1) is 0 Å². The number of carbonyl (C=O) groups excluding carboxylic acids is 3. The van der Waals surface area contributed by atoms with Crippen LogP contribution in [-0.4, -0.2) is 31.9 Å². The van der Waals surface area contributed by atoms with E-state index in [2.05, 4.69) is 10.0 Å². The van der Waals surface area contributed by atoms with Crippen LogP contribution in [0.5, 0.6) is 11.5 Å². The van der Waals surface area contributed by atoms with E-state index in [9.17, 15) is 14.4 Å². The predicted molar refractivity (Wildman–Crippen MR) is 89.7 cm³/mol. The van der Waals surface area contributed by atoms with Crippen molar-refractivity contribution in [1.82, 2.24) is 0 Å². The van der Waals surface area contributed by atoms with Crippen LogP contribution in [0.15, 0.2) is 17.2 Å². The predicted octanol–water partition coefficient (Wildman–Crippen LogP) is 2.59. The van der Waals surface area contributed by atoms with E-state index in [1.807, 2.05) is 0 Å². The Morgan fingerprint density at radius 3 is 2.65 bits per heavy atom. The molecule has 1 aliphatic heterocycles. The Hall–Kier alpha value is -3.06. The summed E-state index contributed by atoms with van der Waals surface area (Å²) in [5.41, 5.74) is 8.16. The highest BCUT2D eigenvalue weighted by Gasteiger charge is 2.53. The molecule has 138 valence electrons. The van der Waals surface area contributed by atoms with Gasteiger partial charge in [-0.15, -0.1) is 0 Å². The number of hydrogen-bond donors (Lipinski definition) is 0. The van der Waals surface area contributed by atoms with Gasteiger partial charge in [0.1, 0.15) is 11.2 Å². The number of esters is 2. The van der Waals surface area contributed by atoms with Crippen LogP contribution in [0.25, 0.3) is 10.4 Å². The minimum atomic E-state index is -1.40. The Balaban J connectivity index is 2.69. The fraction of sp³-hybridized carbons (Fsp3) is 0.471. The largest absolute Gasteiger partial charge is 0.493 e. The second-order valence-electron chi connectivity index (χ2n) is 5.95. The van der Waals surface area contributed by atoms with Crippen LogP contribution >= 0.6 is 0 Å². The first kappa shape index (κ1) is 19.3. The quantitative estimate of drug-likeness (QED) is 0.230. The maximum Gasteiger partial charge on any atom is 0.322 e. The molecule has 26 heavy (non-hydrogen) atoms. The van der Waals surface area contributed by atoms with E-state index in [0.717, 1.165) is 0 Å². The van der Waals surface area contributed by atoms with Crippen LogP contribution in [0.3, 0.4) is 0 Å². The van der Waals surface area contributed by atoms with Gasteiger partial charge in [0, 0.05) is 16.9 Å². The second kappa shape index (κ2) is 7.88. The van der Waals surface area contributed by atoms with Crippen LogP contribution in [0.1, 0.15) is 37.3 Å². The molecule has 2 rings (SSSR count). The normalized spacial score (nSPS) is 17.7. The zero-order valence-electron chi connectivity index (χ0n) is 14.8. The number of fused-ring (bicyclic) bond motifs is 1. The third kappa shape index (κ3) is 3.48. The lowest BCUT2D eigenvalue weighted by molar-refractivity contribution is -0.149. The van der Waals surface area contributed by atoms with Gasteiger partial charge in [-0.05, 0) is 30.5 Å². The standard InChI is InChI=1S/C17H19N3O6/c1-10(21)6-7-17(8-13(22)25-3)14-11(9-19-20-18)4-5-12(24-2)15(14)26-16(17)23/h4-5H,6-9H2,1-3H3. The maximum absolute atomic E-state index is 12.8. The summed E-state index contributed by atoms with van der Waals surface area (Å²) in [6, 6.07) is 3.24. The molecule has 1 aliphatic rings. The molecule has 0 saturated carbocycles. The summed E-state index contributed by atoms with van der Waals surface area (Å²) < 4.78 is 15.4. The van der Waals surface area contributed by atoms with E-state index < -0.39 is 17.4 Å². The molecule has 9 nitrogen and oxygen atoms in total. The van der Waals surface area contributed by atoms with Crippen molar-refractivity contribution < 1.29 is 28.6 Å². The summed E-state index contributed by atoms with van der Waals surface area (Å²) in [6.45, 7) is 1.36. The topological polar surface area (TPSA) is 128 Å². The monoisotopic (exact) mass is 361 g/mol. The minimum Gasteiger partial charge on any atom is -0.493 e. The minimum absolute atomic E-state index is 0.0392. The van der Waals surface area contributed by atoms with E-state index >= 15 is 0 Å². The molecule has 0 aromatic heterocycles. The van der Waals surface area contributed by atoms with Crippen molar-refractivity contribution in [1.29, 1.82) is 0 Å². The smallest absolute Gasteiger partial charge is 0.322 e. The van der Waals surface area contributed by atoms with Crippen LogP contribution in [-0.2, 0) is 31.1 Å². The summed E-state index contributed by atoms with van der Waals surface area (Å²) in [5.74, 6) is -0.917. The summed E-state index contributed by atoms with van der Waals surface area (Å²) in [5, 5.41) is 3.55. The lowest BCUT2D eigenvalue weighted by Gasteiger charge is -2.26. The van der Waals surface area contributed by atoms with E-state index in [0.29, 0.717) is 16.9 Å². The number of benzene rings is 1. The number of carbonyl (C=O) groups is 3. The maximum atomic E-state index is 12.8. The van der Waals surface area contributed by atoms with Crippen molar-refractivity contribution >= 4 is 17.7 Å². The number of nitrogens with zero attached hydrogens (tertiary/aromatic N) is 3. The Morgan fingerprint density at radius 2 is 2.08 bits per heavy atom. The number of rotatable bonds is 8. The molecule has 0 N–H and O–H groups in total. The SMILES string of the molecule is COC(=O)CC1(CCC(C)=O)C(=O)Oc2c(OC)ccc(CN=[N+]=[N-])c21. The van der Waals surface area contributed by atoms with E-state index in [4.69, 9.17) is 19.7 Å². The molecule has 1 atom stereocenters. The molecule has 1 unspecified atom stereocenters. The van der Waals surface area contributed by atoms with Crippen LogP contribution < -0.4 is 9.47 Å². The highest BCUT2D eigenvalue weighted by Crippen LogP contribution is 2.51. The Kier molecular flexibility index (Phi) is 5.84. The second-order valence-corrected chi connectivity index (χ2v) is 5.95. The highest BCUT2D eigenvalue weighted by molar-refractivity contribution is 5.96. The first-order valence-electron chi connectivity index (χ1n) is 7.89. The molecule has 1 aromatic carbocycles. The van der Waals surface area contributed by atoms with Gasteiger partial charge in [0.2, 0.25) is 0 Å². The van der Waals surface area contributed by atoms with Crippen molar-refractivity contribution in [2.24, 2.45) is 5.11 Å². The molecule has 0 spiro atoms. The van der Waals surface area contributed by atoms with Crippen LogP contribution in [0.4, 0.5) is 0 Å². The van der Waals surface area contributed by atoms with Crippen LogP contribution in [0.2, 0.25) is 0 Å². The van der Waals surface area contributed by atoms with Crippen molar-refractivity contribution in [3.63, 3.8) is 0 Å². The average molecular weight is 361 g/mol. The molecule has 9 heteroatoms. The number of ketones is 1.